The van der Waals surface area contributed by atoms with Crippen molar-refractivity contribution in [1.29, 1.82) is 0 Å². The Morgan fingerprint density at radius 3 is 2.38 bits per heavy atom. The predicted octanol–water partition coefficient (Wildman–Crippen LogP) is 2.47. The molecule has 4 heteroatoms. The molecule has 0 radical (unpaired) electrons. The van der Waals surface area contributed by atoms with Crippen molar-refractivity contribution in [3.8, 4) is 0 Å². The monoisotopic (exact) mass is 185 g/mol. The fourth-order valence-electron chi connectivity index (χ4n) is 1.19. The summed E-state index contributed by atoms with van der Waals surface area (Å²) < 4.78 is 37.2. The number of benzene rings is 1. The molecule has 1 rings (SSSR count). The molecule has 0 unspecified atom stereocenters. The molecule has 0 fully saturated rings. The summed E-state index contributed by atoms with van der Waals surface area (Å²) >= 11 is 0. The molecule has 0 spiro atoms. The Balaban J connectivity index is 3.11. The average Bonchev–Trinajstić information content (AvgIpc) is 2.04. The fraction of sp³-hybridized carbons (Fsp3) is 0.111. The van der Waals surface area contributed by atoms with E-state index >= 15 is 0 Å². The van der Waals surface area contributed by atoms with Crippen LogP contribution in [0.5, 0.6) is 0 Å². The summed E-state index contributed by atoms with van der Waals surface area (Å²) in [4.78, 5) is 0. The summed E-state index contributed by atoms with van der Waals surface area (Å²) in [6.07, 6.45) is 1.73. The second kappa shape index (κ2) is 3.68. The van der Waals surface area contributed by atoms with E-state index in [1.807, 2.05) is 0 Å². The molecule has 0 aromatic heterocycles. The average molecular weight is 185 g/mol. The Morgan fingerprint density at radius 1 is 1.23 bits per heavy atom. The highest BCUT2D eigenvalue weighted by Gasteiger charge is 2.27. The lowest BCUT2D eigenvalue weighted by molar-refractivity contribution is 0.500. The van der Waals surface area contributed by atoms with Gasteiger partial charge in [0.2, 0.25) is 0 Å². The Morgan fingerprint density at radius 2 is 1.85 bits per heavy atom. The van der Waals surface area contributed by atoms with Gasteiger partial charge in [-0.05, 0) is 6.42 Å². The molecule has 0 aliphatic carbocycles. The van der Waals surface area contributed by atoms with E-state index in [4.69, 9.17) is 0 Å². The molecule has 70 valence electrons. The lowest BCUT2D eigenvalue weighted by atomic mass is 9.76. The minimum absolute atomic E-state index is 0.261. The summed E-state index contributed by atoms with van der Waals surface area (Å²) in [6, 6.07) is 5.59. The standard InChI is InChI=1S/C9H9BF3/c1-2-5-8-6-3-4-7-9(8)10(11,12)13/h2-4,6-7H,1,5H2/q-1. The van der Waals surface area contributed by atoms with Crippen molar-refractivity contribution in [2.45, 2.75) is 6.42 Å². The quantitative estimate of drug-likeness (QED) is 0.501. The van der Waals surface area contributed by atoms with Gasteiger partial charge in [-0.15, -0.1) is 12.0 Å². The third-order valence-corrected chi connectivity index (χ3v) is 1.77. The Bertz CT molecular complexity index is 304. The summed E-state index contributed by atoms with van der Waals surface area (Å²) in [5.41, 5.74) is -0.215. The van der Waals surface area contributed by atoms with Gasteiger partial charge in [0.1, 0.15) is 0 Å². The zero-order valence-corrected chi connectivity index (χ0v) is 7.01. The van der Waals surface area contributed by atoms with Gasteiger partial charge in [-0.3, -0.25) is 0 Å². The Kier molecular flexibility index (Phi) is 2.81. The van der Waals surface area contributed by atoms with Crippen molar-refractivity contribution in [3.05, 3.63) is 42.5 Å². The first-order valence-corrected chi connectivity index (χ1v) is 3.94. The Hall–Kier alpha value is -1.19. The van der Waals surface area contributed by atoms with Gasteiger partial charge in [-0.1, -0.05) is 35.9 Å². The fourth-order valence-corrected chi connectivity index (χ4v) is 1.19. The molecule has 0 amide bonds. The third-order valence-electron chi connectivity index (χ3n) is 1.77. The van der Waals surface area contributed by atoms with Crippen molar-refractivity contribution in [1.82, 2.24) is 0 Å². The Labute approximate surface area is 75.1 Å². The molecular formula is C9H9BF3-. The molecule has 0 aliphatic rings. The van der Waals surface area contributed by atoms with Crippen LogP contribution < -0.4 is 5.46 Å². The number of hydrogen-bond donors (Lipinski definition) is 0. The highest BCUT2D eigenvalue weighted by molar-refractivity contribution is 6.74. The van der Waals surface area contributed by atoms with Gasteiger partial charge in [0.05, 0.1) is 0 Å². The first-order chi connectivity index (χ1) is 6.05. The first-order valence-electron chi connectivity index (χ1n) is 3.94. The van der Waals surface area contributed by atoms with Gasteiger partial charge < -0.3 is 12.9 Å². The minimum Gasteiger partial charge on any atom is -0.445 e. The maximum atomic E-state index is 12.4. The summed E-state index contributed by atoms with van der Waals surface area (Å²) in [5, 5.41) is 0. The van der Waals surface area contributed by atoms with Gasteiger partial charge in [0.25, 0.3) is 0 Å². The molecule has 0 atom stereocenters. The van der Waals surface area contributed by atoms with Gasteiger partial charge in [0.15, 0.2) is 0 Å². The van der Waals surface area contributed by atoms with Crippen molar-refractivity contribution < 1.29 is 12.9 Å². The molecule has 1 aromatic rings. The zero-order chi connectivity index (χ0) is 9.90. The van der Waals surface area contributed by atoms with Crippen LogP contribution in [-0.2, 0) is 6.42 Å². The molecule has 0 nitrogen and oxygen atoms in total. The van der Waals surface area contributed by atoms with E-state index in [0.717, 1.165) is 6.07 Å². The molecule has 0 saturated heterocycles. The second-order valence-corrected chi connectivity index (χ2v) is 2.77. The van der Waals surface area contributed by atoms with Gasteiger partial charge in [-0.25, -0.2) is 0 Å². The van der Waals surface area contributed by atoms with Crippen LogP contribution in [0.25, 0.3) is 0 Å². The molecular weight excluding hydrogens is 176 g/mol. The first kappa shape index (κ1) is 9.90. The number of rotatable bonds is 3. The van der Waals surface area contributed by atoms with Crippen LogP contribution in [0.15, 0.2) is 36.9 Å². The molecule has 0 heterocycles. The summed E-state index contributed by atoms with van der Waals surface area (Å²) in [6.45, 7) is -1.47. The lowest BCUT2D eigenvalue weighted by Gasteiger charge is -2.18. The van der Waals surface area contributed by atoms with Gasteiger partial charge in [0, 0.05) is 0 Å². The van der Waals surface area contributed by atoms with E-state index in [-0.39, 0.29) is 6.42 Å². The predicted molar refractivity (Wildman–Crippen MR) is 49.1 cm³/mol. The number of halogens is 3. The molecule has 0 bridgehead atoms. The van der Waals surface area contributed by atoms with Crippen molar-refractivity contribution in [2.75, 3.05) is 0 Å². The highest BCUT2D eigenvalue weighted by Crippen LogP contribution is 2.12. The summed E-state index contributed by atoms with van der Waals surface area (Å²) in [7, 11) is 0. The van der Waals surface area contributed by atoms with E-state index in [1.165, 1.54) is 18.2 Å². The maximum Gasteiger partial charge on any atom is 0.509 e. The van der Waals surface area contributed by atoms with E-state index < -0.39 is 12.4 Å². The van der Waals surface area contributed by atoms with E-state index in [0.29, 0.717) is 5.56 Å². The van der Waals surface area contributed by atoms with Crippen molar-refractivity contribution in [3.63, 3.8) is 0 Å². The van der Waals surface area contributed by atoms with Crippen LogP contribution in [0.1, 0.15) is 5.56 Å². The number of allylic oxidation sites excluding steroid dienone is 1. The highest BCUT2D eigenvalue weighted by atomic mass is 19.4. The molecule has 0 saturated carbocycles. The third kappa shape index (κ3) is 2.37. The SMILES string of the molecule is C=CCc1ccccc1[B-](F)(F)F. The van der Waals surface area contributed by atoms with Crippen molar-refractivity contribution in [2.24, 2.45) is 0 Å². The van der Waals surface area contributed by atoms with E-state index in [9.17, 15) is 12.9 Å². The van der Waals surface area contributed by atoms with Crippen LogP contribution in [0.2, 0.25) is 0 Å². The van der Waals surface area contributed by atoms with E-state index in [2.05, 4.69) is 6.58 Å². The molecule has 1 aromatic carbocycles. The largest absolute Gasteiger partial charge is 0.509 e. The van der Waals surface area contributed by atoms with Gasteiger partial charge in [-0.2, -0.15) is 0 Å². The summed E-state index contributed by atoms with van der Waals surface area (Å²) in [5.74, 6) is 0. The normalized spacial score (nSPS) is 11.3. The van der Waals surface area contributed by atoms with E-state index in [1.54, 1.807) is 6.07 Å². The smallest absolute Gasteiger partial charge is 0.445 e. The zero-order valence-electron chi connectivity index (χ0n) is 7.01. The van der Waals surface area contributed by atoms with Crippen LogP contribution in [-0.4, -0.2) is 6.98 Å². The molecule has 13 heavy (non-hydrogen) atoms. The van der Waals surface area contributed by atoms with Crippen LogP contribution in [0.3, 0.4) is 0 Å². The second-order valence-electron chi connectivity index (χ2n) is 2.77. The molecule has 0 N–H and O–H groups in total. The maximum absolute atomic E-state index is 12.4. The lowest BCUT2D eigenvalue weighted by Crippen LogP contribution is -2.36. The van der Waals surface area contributed by atoms with Crippen LogP contribution in [0.4, 0.5) is 12.9 Å². The van der Waals surface area contributed by atoms with Gasteiger partial charge >= 0.3 is 6.98 Å². The molecule has 0 aliphatic heterocycles. The number of hydrogen-bond acceptors (Lipinski definition) is 0. The van der Waals surface area contributed by atoms with Crippen LogP contribution in [0, 0.1) is 0 Å². The minimum atomic E-state index is -4.89. The van der Waals surface area contributed by atoms with Crippen molar-refractivity contribution >= 4 is 12.4 Å². The topological polar surface area (TPSA) is 0 Å². The van der Waals surface area contributed by atoms with Crippen LogP contribution >= 0.6 is 0 Å².